The first-order chi connectivity index (χ1) is 31.3. The van der Waals surface area contributed by atoms with Gasteiger partial charge in [0.1, 0.15) is 0 Å². The topological polar surface area (TPSA) is 53.5 Å². The largest absolute Gasteiger partial charge is 0.309 e. The first-order valence-electron chi connectivity index (χ1n) is 21.3. The highest BCUT2D eigenvalue weighted by Crippen LogP contribution is 2.44. The number of para-hydroxylation sites is 5. The van der Waals surface area contributed by atoms with E-state index in [4.69, 9.17) is 15.0 Å². The van der Waals surface area contributed by atoms with Gasteiger partial charge in [-0.15, -0.1) is 0 Å². The van der Waals surface area contributed by atoms with Gasteiger partial charge in [-0.05, 0) is 66.7 Å². The van der Waals surface area contributed by atoms with Crippen LogP contribution < -0.4 is 0 Å². The van der Waals surface area contributed by atoms with E-state index in [9.17, 15) is 0 Å². The molecule has 0 N–H and O–H groups in total. The zero-order valence-electron chi connectivity index (χ0n) is 34.0. The van der Waals surface area contributed by atoms with Gasteiger partial charge in [-0.3, -0.25) is 0 Å². The highest BCUT2D eigenvalue weighted by molar-refractivity contribution is 6.26. The minimum Gasteiger partial charge on any atom is -0.309 e. The van der Waals surface area contributed by atoms with E-state index in [-0.39, 0.29) is 0 Å². The van der Waals surface area contributed by atoms with E-state index < -0.39 is 0 Å². The number of hydrogen-bond acceptors (Lipinski definition) is 3. The van der Waals surface area contributed by atoms with Gasteiger partial charge in [0.25, 0.3) is 0 Å². The number of aromatic nitrogens is 6. The predicted molar refractivity (Wildman–Crippen MR) is 259 cm³/mol. The van der Waals surface area contributed by atoms with E-state index in [0.29, 0.717) is 17.5 Å². The van der Waals surface area contributed by atoms with Crippen LogP contribution in [0.3, 0.4) is 0 Å². The van der Waals surface area contributed by atoms with Crippen LogP contribution in [0.2, 0.25) is 0 Å². The number of hydrogen-bond donors (Lipinski definition) is 0. The molecule has 6 heteroatoms. The molecule has 0 aliphatic heterocycles. The predicted octanol–water partition coefficient (Wildman–Crippen LogP) is 14.2. The third-order valence-corrected chi connectivity index (χ3v) is 12.5. The Labute approximate surface area is 362 Å². The van der Waals surface area contributed by atoms with Gasteiger partial charge in [0.2, 0.25) is 0 Å². The highest BCUT2D eigenvalue weighted by atomic mass is 15.1. The fourth-order valence-electron chi connectivity index (χ4n) is 9.78. The van der Waals surface area contributed by atoms with Gasteiger partial charge in [0.15, 0.2) is 17.5 Å². The van der Waals surface area contributed by atoms with Crippen molar-refractivity contribution in [1.82, 2.24) is 28.7 Å². The third kappa shape index (κ3) is 5.41. The molecule has 63 heavy (non-hydrogen) atoms. The molecule has 6 nitrogen and oxygen atoms in total. The maximum absolute atomic E-state index is 5.21. The molecule has 0 spiro atoms. The van der Waals surface area contributed by atoms with Gasteiger partial charge >= 0.3 is 0 Å². The minimum absolute atomic E-state index is 0.613. The Balaban J connectivity index is 1.09. The monoisotopic (exact) mass is 804 g/mol. The van der Waals surface area contributed by atoms with E-state index in [1.54, 1.807) is 0 Å². The second-order valence-corrected chi connectivity index (χ2v) is 16.0. The maximum atomic E-state index is 5.21. The lowest BCUT2D eigenvalue weighted by Crippen LogP contribution is -2.03. The number of rotatable bonds is 6. The fraction of sp³-hybridized carbons (Fsp3) is 0. The van der Waals surface area contributed by atoms with Gasteiger partial charge in [0, 0.05) is 60.4 Å². The Hall–Kier alpha value is -8.61. The fourth-order valence-corrected chi connectivity index (χ4v) is 9.78. The molecule has 0 unspecified atom stereocenters. The van der Waals surface area contributed by atoms with E-state index in [0.717, 1.165) is 55.8 Å². The van der Waals surface area contributed by atoms with Crippen LogP contribution in [0.15, 0.2) is 218 Å². The van der Waals surface area contributed by atoms with Crippen molar-refractivity contribution in [3.05, 3.63) is 218 Å². The van der Waals surface area contributed by atoms with E-state index in [2.05, 4.69) is 196 Å². The summed E-state index contributed by atoms with van der Waals surface area (Å²) >= 11 is 0. The molecular weight excluding hydrogens is 769 g/mol. The molecule has 13 rings (SSSR count). The highest BCUT2D eigenvalue weighted by Gasteiger charge is 2.24. The van der Waals surface area contributed by atoms with Crippen LogP contribution >= 0.6 is 0 Å². The molecule has 0 fully saturated rings. The van der Waals surface area contributed by atoms with Crippen molar-refractivity contribution in [2.45, 2.75) is 0 Å². The van der Waals surface area contributed by atoms with Crippen molar-refractivity contribution < 1.29 is 0 Å². The van der Waals surface area contributed by atoms with Gasteiger partial charge in [-0.1, -0.05) is 152 Å². The van der Waals surface area contributed by atoms with E-state index >= 15 is 0 Å². The molecule has 294 valence electrons. The van der Waals surface area contributed by atoms with Crippen molar-refractivity contribution in [2.75, 3.05) is 0 Å². The quantitative estimate of drug-likeness (QED) is 0.168. The Kier molecular flexibility index (Phi) is 7.80. The second kappa shape index (κ2) is 14.0. The molecule has 13 aromatic rings. The van der Waals surface area contributed by atoms with Crippen molar-refractivity contribution in [3.63, 3.8) is 0 Å². The van der Waals surface area contributed by atoms with Crippen molar-refractivity contribution in [1.29, 1.82) is 0 Å². The summed E-state index contributed by atoms with van der Waals surface area (Å²) in [5.41, 5.74) is 12.9. The van der Waals surface area contributed by atoms with Crippen LogP contribution in [0.5, 0.6) is 0 Å². The summed E-state index contributed by atoms with van der Waals surface area (Å²) in [7, 11) is 0. The summed E-state index contributed by atoms with van der Waals surface area (Å²) in [4.78, 5) is 15.4. The summed E-state index contributed by atoms with van der Waals surface area (Å²) in [6.07, 6.45) is 0. The number of benzene rings is 9. The number of nitrogens with zero attached hydrogens (tertiary/aromatic N) is 6. The first-order valence-corrected chi connectivity index (χ1v) is 21.3. The van der Waals surface area contributed by atoms with Crippen LogP contribution in [-0.4, -0.2) is 28.7 Å². The molecular formula is C57H36N6. The lowest BCUT2D eigenvalue weighted by molar-refractivity contribution is 1.06. The zero-order valence-corrected chi connectivity index (χ0v) is 34.0. The summed E-state index contributed by atoms with van der Waals surface area (Å²) in [5, 5.41) is 7.17. The van der Waals surface area contributed by atoms with E-state index in [1.165, 1.54) is 43.4 Å². The van der Waals surface area contributed by atoms with Crippen LogP contribution in [0, 0.1) is 0 Å². The van der Waals surface area contributed by atoms with Gasteiger partial charge in [-0.25, -0.2) is 15.0 Å². The van der Waals surface area contributed by atoms with Crippen LogP contribution in [0.25, 0.3) is 117 Å². The van der Waals surface area contributed by atoms with Gasteiger partial charge < -0.3 is 13.7 Å². The standard InChI is InChI=1S/C57H36N6/c1-4-18-37(19-5-1)55-58-56(38-20-6-2-7-21-38)60-57(59-55)45-27-13-17-31-50(45)63-48-29-15-10-24-41(48)43-33-35-52-53(54(43)63)44-26-12-16-30-49(44)62(52)40-32-34-51-46(36-40)42-25-11-14-28-47(42)61(51)39-22-8-3-9-23-39/h1-36H. The summed E-state index contributed by atoms with van der Waals surface area (Å²) in [5.74, 6) is 1.87. The van der Waals surface area contributed by atoms with Crippen molar-refractivity contribution >= 4 is 65.4 Å². The Morgan fingerprint density at radius 1 is 0.286 bits per heavy atom. The van der Waals surface area contributed by atoms with Crippen molar-refractivity contribution in [3.8, 4) is 51.2 Å². The van der Waals surface area contributed by atoms with Gasteiger partial charge in [-0.2, -0.15) is 0 Å². The molecule has 4 aromatic heterocycles. The minimum atomic E-state index is 0.613. The molecule has 0 radical (unpaired) electrons. The molecule has 0 atom stereocenters. The lowest BCUT2D eigenvalue weighted by atomic mass is 10.1. The Bertz CT molecular complexity index is 3840. The second-order valence-electron chi connectivity index (χ2n) is 16.0. The molecule has 9 aromatic carbocycles. The normalized spacial score (nSPS) is 11.8. The molecule has 0 saturated heterocycles. The van der Waals surface area contributed by atoms with Crippen LogP contribution in [0.4, 0.5) is 0 Å². The molecule has 0 aliphatic rings. The van der Waals surface area contributed by atoms with Crippen LogP contribution in [-0.2, 0) is 0 Å². The molecule has 4 heterocycles. The first kappa shape index (κ1) is 35.2. The van der Waals surface area contributed by atoms with Crippen LogP contribution in [0.1, 0.15) is 0 Å². The summed E-state index contributed by atoms with van der Waals surface area (Å²) in [6.45, 7) is 0. The van der Waals surface area contributed by atoms with E-state index in [1.807, 2.05) is 36.4 Å². The van der Waals surface area contributed by atoms with Gasteiger partial charge in [0.05, 0.1) is 38.8 Å². The summed E-state index contributed by atoms with van der Waals surface area (Å²) in [6, 6.07) is 77.3. The zero-order chi connectivity index (χ0) is 41.4. The third-order valence-electron chi connectivity index (χ3n) is 12.5. The van der Waals surface area contributed by atoms with Crippen molar-refractivity contribution in [2.24, 2.45) is 0 Å². The molecule has 0 aliphatic carbocycles. The Morgan fingerprint density at radius 3 is 1.44 bits per heavy atom. The Morgan fingerprint density at radius 2 is 0.762 bits per heavy atom. The smallest absolute Gasteiger partial charge is 0.166 e. The average Bonchev–Trinajstić information content (AvgIpc) is 4.00. The maximum Gasteiger partial charge on any atom is 0.166 e. The average molecular weight is 805 g/mol. The molecule has 0 bridgehead atoms. The SMILES string of the molecule is c1ccc(-c2nc(-c3ccccc3)nc(-c3ccccc3-n3c4ccccc4c4ccc5c(c6ccccc6n5-c5ccc6c(c5)c5ccccc5n6-c5ccccc5)c43)n2)cc1. The summed E-state index contributed by atoms with van der Waals surface area (Å²) < 4.78 is 7.25. The molecule has 0 amide bonds. The molecule has 0 saturated carbocycles. The number of fused-ring (bicyclic) bond motifs is 10. The lowest BCUT2D eigenvalue weighted by Gasteiger charge is -2.15.